The molecule has 5 heteroatoms. The molecule has 0 radical (unpaired) electrons. The van der Waals surface area contributed by atoms with Gasteiger partial charge in [-0.3, -0.25) is 9.36 Å². The lowest BCUT2D eigenvalue weighted by atomic mass is 10.0. The van der Waals surface area contributed by atoms with E-state index in [-0.39, 0.29) is 6.04 Å². The quantitative estimate of drug-likeness (QED) is 0.878. The summed E-state index contributed by atoms with van der Waals surface area (Å²) in [7, 11) is 1.99. The van der Waals surface area contributed by atoms with E-state index in [4.69, 9.17) is 0 Å². The van der Waals surface area contributed by atoms with Crippen LogP contribution < -0.4 is 5.32 Å². The average Bonchev–Trinajstić information content (AvgIpc) is 2.93. The first kappa shape index (κ1) is 14.8. The summed E-state index contributed by atoms with van der Waals surface area (Å²) in [6.45, 7) is 10.3. The van der Waals surface area contributed by atoms with Crippen LogP contribution in [0.2, 0.25) is 0 Å². The van der Waals surface area contributed by atoms with Crippen molar-refractivity contribution in [3.63, 3.8) is 0 Å². The van der Waals surface area contributed by atoms with Gasteiger partial charge in [-0.1, -0.05) is 6.92 Å². The summed E-state index contributed by atoms with van der Waals surface area (Å²) in [5.41, 5.74) is 4.85. The molecule has 20 heavy (non-hydrogen) atoms. The molecule has 5 nitrogen and oxygen atoms in total. The predicted molar refractivity (Wildman–Crippen MR) is 80.7 cm³/mol. The van der Waals surface area contributed by atoms with Crippen LogP contribution in [-0.4, -0.2) is 26.1 Å². The zero-order chi connectivity index (χ0) is 14.7. The normalized spacial score (nSPS) is 12.8. The minimum atomic E-state index is 0.287. The second kappa shape index (κ2) is 6.22. The maximum absolute atomic E-state index is 4.53. The van der Waals surface area contributed by atoms with E-state index in [0.29, 0.717) is 0 Å². The lowest BCUT2D eigenvalue weighted by molar-refractivity contribution is 0.513. The van der Waals surface area contributed by atoms with Crippen LogP contribution in [-0.2, 0) is 20.0 Å². The fourth-order valence-electron chi connectivity index (χ4n) is 2.64. The summed E-state index contributed by atoms with van der Waals surface area (Å²) >= 11 is 0. The topological polar surface area (TPSA) is 47.7 Å². The lowest BCUT2D eigenvalue weighted by Gasteiger charge is -2.18. The molecule has 2 heterocycles. The molecule has 1 N–H and O–H groups in total. The maximum Gasteiger partial charge on any atom is 0.0596 e. The van der Waals surface area contributed by atoms with Gasteiger partial charge in [0.2, 0.25) is 0 Å². The number of likely N-dealkylation sites (N-methyl/N-ethyl adjacent to an activating group) is 1. The monoisotopic (exact) mass is 275 g/mol. The van der Waals surface area contributed by atoms with Crippen LogP contribution in [0.4, 0.5) is 0 Å². The molecular weight excluding hydrogens is 250 g/mol. The van der Waals surface area contributed by atoms with Crippen LogP contribution in [0.15, 0.2) is 12.3 Å². The van der Waals surface area contributed by atoms with Crippen LogP contribution in [0, 0.1) is 13.8 Å². The summed E-state index contributed by atoms with van der Waals surface area (Å²) in [5.74, 6) is 0. The first-order valence-corrected chi connectivity index (χ1v) is 7.32. The Balaban J connectivity index is 2.27. The summed E-state index contributed by atoms with van der Waals surface area (Å²) in [6.07, 6.45) is 2.91. The van der Waals surface area contributed by atoms with Crippen LogP contribution >= 0.6 is 0 Å². The Labute approximate surface area is 121 Å². The molecule has 0 saturated carbocycles. The third kappa shape index (κ3) is 2.93. The Morgan fingerprint density at radius 2 is 2.05 bits per heavy atom. The van der Waals surface area contributed by atoms with Gasteiger partial charge in [0.1, 0.15) is 0 Å². The van der Waals surface area contributed by atoms with Crippen molar-refractivity contribution in [2.45, 2.75) is 46.7 Å². The highest BCUT2D eigenvalue weighted by Crippen LogP contribution is 2.21. The Morgan fingerprint density at radius 1 is 1.30 bits per heavy atom. The molecule has 0 amide bonds. The molecule has 110 valence electrons. The SMILES string of the molecule is CCNC(Cc1cc(C)nn1CC)c1cnn(C)c1C. The van der Waals surface area contributed by atoms with E-state index in [1.54, 1.807) is 0 Å². The number of hydrogen-bond donors (Lipinski definition) is 1. The number of aryl methyl sites for hydroxylation is 3. The molecule has 1 atom stereocenters. The fourth-order valence-corrected chi connectivity index (χ4v) is 2.64. The molecule has 0 bridgehead atoms. The van der Waals surface area contributed by atoms with Gasteiger partial charge in [0, 0.05) is 43.0 Å². The van der Waals surface area contributed by atoms with Crippen LogP contribution in [0.3, 0.4) is 0 Å². The van der Waals surface area contributed by atoms with E-state index >= 15 is 0 Å². The minimum Gasteiger partial charge on any atom is -0.310 e. The predicted octanol–water partition coefficient (Wildman–Crippen LogP) is 2.15. The lowest BCUT2D eigenvalue weighted by Crippen LogP contribution is -2.24. The highest BCUT2D eigenvalue weighted by atomic mass is 15.3. The smallest absolute Gasteiger partial charge is 0.0596 e. The number of nitrogens with zero attached hydrogens (tertiary/aromatic N) is 4. The van der Waals surface area contributed by atoms with Crippen LogP contribution in [0.1, 0.15) is 42.5 Å². The molecule has 2 rings (SSSR count). The third-order valence-electron chi connectivity index (χ3n) is 3.80. The Morgan fingerprint density at radius 3 is 2.60 bits per heavy atom. The van der Waals surface area contributed by atoms with E-state index in [2.05, 4.69) is 47.0 Å². The van der Waals surface area contributed by atoms with Crippen molar-refractivity contribution < 1.29 is 0 Å². The zero-order valence-electron chi connectivity index (χ0n) is 13.1. The molecule has 0 aliphatic carbocycles. The van der Waals surface area contributed by atoms with Gasteiger partial charge in [-0.05, 0) is 33.4 Å². The molecule has 1 unspecified atom stereocenters. The van der Waals surface area contributed by atoms with Gasteiger partial charge in [0.15, 0.2) is 0 Å². The Hall–Kier alpha value is -1.62. The van der Waals surface area contributed by atoms with Crippen molar-refractivity contribution in [1.82, 2.24) is 24.9 Å². The first-order chi connectivity index (χ1) is 9.56. The second-order valence-corrected chi connectivity index (χ2v) is 5.22. The van der Waals surface area contributed by atoms with E-state index in [0.717, 1.165) is 25.2 Å². The standard InChI is InChI=1S/C15H25N5/c1-6-16-15(14-10-17-19(5)12(14)4)9-13-8-11(3)18-20(13)7-2/h8,10,15-16H,6-7,9H2,1-5H3. The number of aromatic nitrogens is 4. The fraction of sp³-hybridized carbons (Fsp3) is 0.600. The van der Waals surface area contributed by atoms with Gasteiger partial charge in [0.05, 0.1) is 11.9 Å². The van der Waals surface area contributed by atoms with Gasteiger partial charge >= 0.3 is 0 Å². The summed E-state index contributed by atoms with van der Waals surface area (Å²) in [5, 5.41) is 12.5. The van der Waals surface area contributed by atoms with Gasteiger partial charge in [-0.15, -0.1) is 0 Å². The van der Waals surface area contributed by atoms with Gasteiger partial charge in [0.25, 0.3) is 0 Å². The third-order valence-corrected chi connectivity index (χ3v) is 3.80. The number of rotatable bonds is 6. The van der Waals surface area contributed by atoms with Crippen molar-refractivity contribution in [2.75, 3.05) is 6.54 Å². The van der Waals surface area contributed by atoms with E-state index in [9.17, 15) is 0 Å². The molecule has 0 aliphatic rings. The molecular formula is C15H25N5. The molecule has 0 aromatic carbocycles. The van der Waals surface area contributed by atoms with Crippen molar-refractivity contribution in [3.05, 3.63) is 34.9 Å². The highest BCUT2D eigenvalue weighted by molar-refractivity contribution is 5.23. The minimum absolute atomic E-state index is 0.287. The molecule has 0 aliphatic heterocycles. The summed E-state index contributed by atoms with van der Waals surface area (Å²) in [6, 6.07) is 2.47. The Kier molecular flexibility index (Phi) is 4.60. The van der Waals surface area contributed by atoms with E-state index in [1.807, 2.05) is 24.9 Å². The van der Waals surface area contributed by atoms with Crippen molar-refractivity contribution in [2.24, 2.45) is 7.05 Å². The average molecular weight is 275 g/mol. The number of nitrogens with one attached hydrogen (secondary N) is 1. The number of hydrogen-bond acceptors (Lipinski definition) is 3. The van der Waals surface area contributed by atoms with E-state index in [1.165, 1.54) is 17.0 Å². The van der Waals surface area contributed by atoms with Crippen LogP contribution in [0.5, 0.6) is 0 Å². The largest absolute Gasteiger partial charge is 0.310 e. The first-order valence-electron chi connectivity index (χ1n) is 7.32. The molecule has 2 aromatic rings. The van der Waals surface area contributed by atoms with Gasteiger partial charge in [-0.2, -0.15) is 10.2 Å². The van der Waals surface area contributed by atoms with Gasteiger partial charge < -0.3 is 5.32 Å². The molecule has 2 aromatic heterocycles. The van der Waals surface area contributed by atoms with Crippen molar-refractivity contribution in [1.29, 1.82) is 0 Å². The molecule has 0 saturated heterocycles. The summed E-state index contributed by atoms with van der Waals surface area (Å²) in [4.78, 5) is 0. The van der Waals surface area contributed by atoms with E-state index < -0.39 is 0 Å². The maximum atomic E-state index is 4.53. The molecule has 0 spiro atoms. The highest BCUT2D eigenvalue weighted by Gasteiger charge is 2.18. The van der Waals surface area contributed by atoms with Crippen molar-refractivity contribution in [3.8, 4) is 0 Å². The zero-order valence-corrected chi connectivity index (χ0v) is 13.1. The Bertz CT molecular complexity index is 567. The summed E-state index contributed by atoms with van der Waals surface area (Å²) < 4.78 is 4.02. The molecule has 0 fully saturated rings. The van der Waals surface area contributed by atoms with Gasteiger partial charge in [-0.25, -0.2) is 0 Å². The van der Waals surface area contributed by atoms with Crippen LogP contribution in [0.25, 0.3) is 0 Å². The van der Waals surface area contributed by atoms with Crippen molar-refractivity contribution >= 4 is 0 Å². The second-order valence-electron chi connectivity index (χ2n) is 5.22.